The largest absolute Gasteiger partial charge is 0.363 e. The van der Waals surface area contributed by atoms with Gasteiger partial charge in [0, 0.05) is 25.8 Å². The van der Waals surface area contributed by atoms with E-state index in [1.165, 1.54) is 0 Å². The molecule has 5 heteroatoms. The van der Waals surface area contributed by atoms with Crippen LogP contribution in [-0.2, 0) is 9.53 Å². The van der Waals surface area contributed by atoms with Crippen LogP contribution in [0.1, 0.15) is 12.8 Å². The van der Waals surface area contributed by atoms with Gasteiger partial charge in [-0.05, 0) is 25.0 Å². The van der Waals surface area contributed by atoms with Crippen molar-refractivity contribution in [3.63, 3.8) is 0 Å². The summed E-state index contributed by atoms with van der Waals surface area (Å²) in [4.78, 5) is 17.8. The van der Waals surface area contributed by atoms with Crippen LogP contribution in [-0.4, -0.2) is 42.7 Å². The van der Waals surface area contributed by atoms with Gasteiger partial charge in [-0.3, -0.25) is 4.79 Å². The summed E-state index contributed by atoms with van der Waals surface area (Å²) in [5.74, 6) is 1.01. The second-order valence-corrected chi connectivity index (χ2v) is 4.92. The molecule has 0 unspecified atom stereocenters. The second-order valence-electron chi connectivity index (χ2n) is 4.92. The molecule has 0 radical (unpaired) electrons. The molecule has 2 aliphatic rings. The van der Waals surface area contributed by atoms with E-state index in [1.54, 1.807) is 0 Å². The molecular weight excluding hydrogens is 230 g/mol. The highest BCUT2D eigenvalue weighted by Crippen LogP contribution is 2.29. The van der Waals surface area contributed by atoms with Gasteiger partial charge in [0.15, 0.2) is 0 Å². The summed E-state index contributed by atoms with van der Waals surface area (Å²) < 4.78 is 5.74. The average molecular weight is 247 g/mol. The summed E-state index contributed by atoms with van der Waals surface area (Å²) >= 11 is 0. The number of rotatable bonds is 1. The van der Waals surface area contributed by atoms with Crippen molar-refractivity contribution >= 4 is 11.7 Å². The number of pyridine rings is 1. The number of carbonyl (C=O) groups excluding carboxylic acids is 1. The molecule has 2 saturated heterocycles. The molecule has 0 aliphatic carbocycles. The highest BCUT2D eigenvalue weighted by molar-refractivity contribution is 5.78. The molecule has 3 heterocycles. The number of amides is 1. The molecule has 1 spiro atoms. The highest BCUT2D eigenvalue weighted by atomic mass is 16.5. The van der Waals surface area contributed by atoms with Gasteiger partial charge < -0.3 is 15.0 Å². The first kappa shape index (κ1) is 11.5. The monoisotopic (exact) mass is 247 g/mol. The van der Waals surface area contributed by atoms with Gasteiger partial charge in [-0.1, -0.05) is 6.07 Å². The molecule has 0 aromatic carbocycles. The maximum atomic E-state index is 11.1. The summed E-state index contributed by atoms with van der Waals surface area (Å²) in [6.07, 6.45) is 3.69. The molecule has 0 saturated carbocycles. The lowest BCUT2D eigenvalue weighted by molar-refractivity contribution is -0.146. The number of anilines is 1. The minimum Gasteiger partial charge on any atom is -0.363 e. The molecule has 18 heavy (non-hydrogen) atoms. The lowest BCUT2D eigenvalue weighted by atomic mass is 9.90. The van der Waals surface area contributed by atoms with Crippen molar-refractivity contribution in [3.8, 4) is 0 Å². The number of morpholine rings is 1. The van der Waals surface area contributed by atoms with Gasteiger partial charge in [0.2, 0.25) is 5.91 Å². The average Bonchev–Trinajstić information content (AvgIpc) is 2.44. The third kappa shape index (κ3) is 2.18. The Bertz CT molecular complexity index is 415. The Morgan fingerprint density at radius 3 is 2.78 bits per heavy atom. The summed E-state index contributed by atoms with van der Waals surface area (Å²) in [5.41, 5.74) is -0.154. The first-order valence-electron chi connectivity index (χ1n) is 6.34. The molecule has 3 rings (SSSR count). The van der Waals surface area contributed by atoms with E-state index in [1.807, 2.05) is 24.4 Å². The number of carbonyl (C=O) groups is 1. The first-order valence-corrected chi connectivity index (χ1v) is 6.34. The van der Waals surface area contributed by atoms with Crippen molar-refractivity contribution in [2.75, 3.05) is 31.1 Å². The topological polar surface area (TPSA) is 54.5 Å². The molecule has 5 nitrogen and oxygen atoms in total. The number of nitrogens with zero attached hydrogens (tertiary/aromatic N) is 2. The number of nitrogens with one attached hydrogen (secondary N) is 1. The zero-order valence-corrected chi connectivity index (χ0v) is 10.3. The van der Waals surface area contributed by atoms with E-state index in [4.69, 9.17) is 4.74 Å². The predicted octanol–water partition coefficient (Wildman–Crippen LogP) is 0.567. The van der Waals surface area contributed by atoms with Gasteiger partial charge in [0.25, 0.3) is 0 Å². The molecule has 96 valence electrons. The van der Waals surface area contributed by atoms with Crippen LogP contribution in [0.5, 0.6) is 0 Å². The Morgan fingerprint density at radius 2 is 2.17 bits per heavy atom. The minimum absolute atomic E-state index is 0.00668. The van der Waals surface area contributed by atoms with Crippen LogP contribution in [0.3, 0.4) is 0 Å². The van der Waals surface area contributed by atoms with E-state index in [2.05, 4.69) is 15.2 Å². The maximum absolute atomic E-state index is 11.1. The number of hydrogen-bond donors (Lipinski definition) is 1. The molecule has 2 aliphatic heterocycles. The molecular formula is C13H17N3O2. The zero-order chi connectivity index (χ0) is 12.4. The van der Waals surface area contributed by atoms with E-state index in [0.717, 1.165) is 31.7 Å². The molecule has 1 aromatic heterocycles. The Hall–Kier alpha value is -1.62. The first-order chi connectivity index (χ1) is 8.77. The van der Waals surface area contributed by atoms with Gasteiger partial charge in [0.1, 0.15) is 12.4 Å². The normalized spacial score (nSPS) is 22.9. The zero-order valence-electron chi connectivity index (χ0n) is 10.3. The molecule has 0 bridgehead atoms. The Morgan fingerprint density at radius 1 is 1.33 bits per heavy atom. The Balaban J connectivity index is 1.63. The number of piperidine rings is 1. The SMILES string of the molecule is O=C1COC2(CCN(c3ccccn3)CC2)CN1. The van der Waals surface area contributed by atoms with Crippen molar-refractivity contribution in [3.05, 3.63) is 24.4 Å². The number of hydrogen-bond acceptors (Lipinski definition) is 4. The number of ether oxygens (including phenoxy) is 1. The van der Waals surface area contributed by atoms with Crippen molar-refractivity contribution < 1.29 is 9.53 Å². The van der Waals surface area contributed by atoms with Gasteiger partial charge in [-0.25, -0.2) is 4.98 Å². The summed E-state index contributed by atoms with van der Waals surface area (Å²) in [7, 11) is 0. The molecule has 2 fully saturated rings. The minimum atomic E-state index is -0.154. The summed E-state index contributed by atoms with van der Waals surface area (Å²) in [6, 6.07) is 5.96. The van der Waals surface area contributed by atoms with E-state index < -0.39 is 0 Å². The fourth-order valence-corrected chi connectivity index (χ4v) is 2.59. The number of aromatic nitrogens is 1. The van der Waals surface area contributed by atoms with Gasteiger partial charge >= 0.3 is 0 Å². The van der Waals surface area contributed by atoms with Crippen LogP contribution in [0, 0.1) is 0 Å². The predicted molar refractivity (Wildman–Crippen MR) is 67.4 cm³/mol. The van der Waals surface area contributed by atoms with Crippen LogP contribution in [0.2, 0.25) is 0 Å². The molecule has 0 atom stereocenters. The third-order valence-electron chi connectivity index (χ3n) is 3.77. The lowest BCUT2D eigenvalue weighted by Crippen LogP contribution is -2.57. The van der Waals surface area contributed by atoms with Crippen molar-refractivity contribution in [1.82, 2.24) is 10.3 Å². The second kappa shape index (κ2) is 4.57. The lowest BCUT2D eigenvalue weighted by Gasteiger charge is -2.43. The van der Waals surface area contributed by atoms with E-state index >= 15 is 0 Å². The van der Waals surface area contributed by atoms with Crippen molar-refractivity contribution in [1.29, 1.82) is 0 Å². The van der Waals surface area contributed by atoms with Crippen LogP contribution in [0.25, 0.3) is 0 Å². The summed E-state index contributed by atoms with van der Waals surface area (Å²) in [6.45, 7) is 2.69. The Kier molecular flexibility index (Phi) is 2.91. The van der Waals surface area contributed by atoms with Crippen LogP contribution in [0.4, 0.5) is 5.82 Å². The Labute approximate surface area is 106 Å². The van der Waals surface area contributed by atoms with Gasteiger partial charge in [-0.15, -0.1) is 0 Å². The van der Waals surface area contributed by atoms with E-state index in [0.29, 0.717) is 6.54 Å². The smallest absolute Gasteiger partial charge is 0.246 e. The van der Waals surface area contributed by atoms with Crippen molar-refractivity contribution in [2.45, 2.75) is 18.4 Å². The highest BCUT2D eigenvalue weighted by Gasteiger charge is 2.39. The van der Waals surface area contributed by atoms with Gasteiger partial charge in [-0.2, -0.15) is 0 Å². The third-order valence-corrected chi connectivity index (χ3v) is 3.77. The van der Waals surface area contributed by atoms with Gasteiger partial charge in [0.05, 0.1) is 5.60 Å². The molecule has 1 N–H and O–H groups in total. The molecule has 1 amide bonds. The van der Waals surface area contributed by atoms with Crippen molar-refractivity contribution in [2.24, 2.45) is 0 Å². The van der Waals surface area contributed by atoms with Crippen LogP contribution >= 0.6 is 0 Å². The quantitative estimate of drug-likeness (QED) is 0.788. The summed E-state index contributed by atoms with van der Waals surface area (Å²) in [5, 5.41) is 2.90. The molecule has 1 aromatic rings. The fraction of sp³-hybridized carbons (Fsp3) is 0.538. The fourth-order valence-electron chi connectivity index (χ4n) is 2.59. The van der Waals surface area contributed by atoms with Crippen LogP contribution < -0.4 is 10.2 Å². The van der Waals surface area contributed by atoms with E-state index in [-0.39, 0.29) is 18.1 Å². The maximum Gasteiger partial charge on any atom is 0.246 e. The van der Waals surface area contributed by atoms with Crippen LogP contribution in [0.15, 0.2) is 24.4 Å². The standard InChI is InChI=1S/C13H17N3O2/c17-12-9-18-13(10-15-12)4-7-16(8-5-13)11-3-1-2-6-14-11/h1-3,6H,4-5,7-10H2,(H,15,17). The van der Waals surface area contributed by atoms with E-state index in [9.17, 15) is 4.79 Å².